The van der Waals surface area contributed by atoms with Crippen molar-refractivity contribution in [2.75, 3.05) is 18.0 Å². The maximum atomic E-state index is 13.8. The van der Waals surface area contributed by atoms with E-state index in [1.165, 1.54) is 13.1 Å². The van der Waals surface area contributed by atoms with Gasteiger partial charge in [-0.25, -0.2) is 0 Å². The number of carbonyl (C=O) groups is 1. The van der Waals surface area contributed by atoms with Gasteiger partial charge in [0, 0.05) is 19.1 Å². The predicted molar refractivity (Wildman–Crippen MR) is 142 cm³/mol. The number of aryl methyl sites for hydroxylation is 1. The van der Waals surface area contributed by atoms with Gasteiger partial charge in [-0.1, -0.05) is 18.1 Å². The van der Waals surface area contributed by atoms with Gasteiger partial charge in [0.05, 0.1) is 29.7 Å². The molecule has 1 fully saturated rings. The fourth-order valence-electron chi connectivity index (χ4n) is 5.51. The minimum Gasteiger partial charge on any atom is -0.481 e. The Hall–Kier alpha value is -3.89. The van der Waals surface area contributed by atoms with Gasteiger partial charge in [0.1, 0.15) is 0 Å². The minimum absolute atomic E-state index is 0.0152. The van der Waals surface area contributed by atoms with E-state index in [0.29, 0.717) is 50.0 Å². The fraction of sp³-hybridized carbons (Fsp3) is 0.500. The molecule has 0 radical (unpaired) electrons. The zero-order valence-electron chi connectivity index (χ0n) is 24.0. The molecule has 0 spiro atoms. The van der Waals surface area contributed by atoms with Crippen LogP contribution < -0.4 is 4.90 Å². The van der Waals surface area contributed by atoms with Gasteiger partial charge < -0.3 is 10.0 Å². The number of piperidine rings is 1. The zero-order chi connectivity index (χ0) is 33.3. The summed E-state index contributed by atoms with van der Waals surface area (Å²) < 4.78 is 123. The smallest absolute Gasteiger partial charge is 0.416 e. The van der Waals surface area contributed by atoms with E-state index in [1.807, 2.05) is 4.90 Å². The first-order chi connectivity index (χ1) is 20.9. The number of hydrogen-bond acceptors (Lipinski definition) is 6. The van der Waals surface area contributed by atoms with E-state index in [1.54, 1.807) is 6.92 Å². The molecule has 1 saturated heterocycles. The van der Waals surface area contributed by atoms with Crippen LogP contribution in [-0.2, 0) is 43.5 Å². The molecule has 246 valence electrons. The number of hydrogen-bond donors (Lipinski definition) is 1. The molecule has 0 saturated carbocycles. The van der Waals surface area contributed by atoms with E-state index in [0.717, 1.165) is 21.8 Å². The van der Waals surface area contributed by atoms with Crippen LogP contribution in [0.2, 0.25) is 0 Å². The Bertz CT molecular complexity index is 1460. The molecule has 1 aliphatic heterocycles. The highest BCUT2D eigenvalue weighted by molar-refractivity contribution is 5.70. The molecule has 0 amide bonds. The largest absolute Gasteiger partial charge is 0.481 e. The Kier molecular flexibility index (Phi) is 9.70. The lowest BCUT2D eigenvalue weighted by molar-refractivity contribution is -0.144. The normalized spacial score (nSPS) is 16.2. The van der Waals surface area contributed by atoms with Gasteiger partial charge in [-0.15, -0.1) is 5.10 Å². The molecule has 17 heteroatoms. The van der Waals surface area contributed by atoms with Crippen LogP contribution >= 0.6 is 0 Å². The number of halogens is 9. The molecule has 0 unspecified atom stereocenters. The fourth-order valence-corrected chi connectivity index (χ4v) is 5.51. The van der Waals surface area contributed by atoms with Crippen LogP contribution in [0, 0.1) is 5.92 Å². The minimum atomic E-state index is -5.11. The Morgan fingerprint density at radius 2 is 1.49 bits per heavy atom. The van der Waals surface area contributed by atoms with Gasteiger partial charge in [0.2, 0.25) is 0 Å². The second-order valence-corrected chi connectivity index (χ2v) is 10.8. The molecule has 2 aromatic carbocycles. The number of aliphatic carboxylic acids is 1. The molecule has 0 bridgehead atoms. The monoisotopic (exact) mass is 652 g/mol. The molecule has 2 heterocycles. The molecule has 45 heavy (non-hydrogen) atoms. The van der Waals surface area contributed by atoms with E-state index >= 15 is 0 Å². The topological polar surface area (TPSA) is 87.4 Å². The van der Waals surface area contributed by atoms with Gasteiger partial charge in [-0.05, 0) is 84.6 Å². The Morgan fingerprint density at radius 1 is 0.911 bits per heavy atom. The van der Waals surface area contributed by atoms with Crippen molar-refractivity contribution in [3.8, 4) is 0 Å². The highest BCUT2D eigenvalue weighted by atomic mass is 19.4. The van der Waals surface area contributed by atoms with Crippen LogP contribution in [0.5, 0.6) is 0 Å². The number of carboxylic acids is 1. The quantitative estimate of drug-likeness (QED) is 0.257. The van der Waals surface area contributed by atoms with Crippen molar-refractivity contribution in [1.29, 1.82) is 0 Å². The summed E-state index contributed by atoms with van der Waals surface area (Å²) in [5, 5.41) is 20.9. The van der Waals surface area contributed by atoms with E-state index in [9.17, 15) is 49.4 Å². The van der Waals surface area contributed by atoms with Gasteiger partial charge in [0.25, 0.3) is 5.95 Å². The lowest BCUT2D eigenvalue weighted by atomic mass is 9.90. The van der Waals surface area contributed by atoms with Gasteiger partial charge in [-0.3, -0.25) is 9.69 Å². The third kappa shape index (κ3) is 8.23. The van der Waals surface area contributed by atoms with Crippen molar-refractivity contribution in [1.82, 2.24) is 25.1 Å². The Labute approximate surface area is 251 Å². The van der Waals surface area contributed by atoms with Crippen LogP contribution in [-0.4, -0.2) is 49.3 Å². The third-order valence-corrected chi connectivity index (χ3v) is 7.70. The van der Waals surface area contributed by atoms with Crippen molar-refractivity contribution in [3.63, 3.8) is 0 Å². The van der Waals surface area contributed by atoms with E-state index < -0.39 is 71.8 Å². The SMILES string of the molecule is CC[C@H](c1ccc(C(F)(F)F)cc1CN(Cc1cc(C(F)(F)F)cc(C(F)(F)F)c1)c1nnn(C)n1)N1CCC(C(=O)O)CC1. The first kappa shape index (κ1) is 34.0. The summed E-state index contributed by atoms with van der Waals surface area (Å²) in [5.41, 5.74) is -4.00. The molecular weight excluding hydrogens is 623 g/mol. The summed E-state index contributed by atoms with van der Waals surface area (Å²) in [5.74, 6) is -1.73. The van der Waals surface area contributed by atoms with Gasteiger partial charge >= 0.3 is 24.5 Å². The summed E-state index contributed by atoms with van der Waals surface area (Å²) in [6.07, 6.45) is -13.9. The lowest BCUT2D eigenvalue weighted by Gasteiger charge is -2.37. The average Bonchev–Trinajstić information content (AvgIpc) is 3.38. The maximum absolute atomic E-state index is 13.8. The van der Waals surface area contributed by atoms with Crippen LogP contribution in [0.3, 0.4) is 0 Å². The number of carboxylic acid groups (broad SMARTS) is 1. The molecule has 8 nitrogen and oxygen atoms in total. The number of alkyl halides is 9. The summed E-state index contributed by atoms with van der Waals surface area (Å²) in [6, 6.07) is 3.68. The van der Waals surface area contributed by atoms with E-state index in [4.69, 9.17) is 0 Å². The highest BCUT2D eigenvalue weighted by Crippen LogP contribution is 2.39. The van der Waals surface area contributed by atoms with Crippen LogP contribution in [0.4, 0.5) is 45.5 Å². The zero-order valence-corrected chi connectivity index (χ0v) is 24.0. The summed E-state index contributed by atoms with van der Waals surface area (Å²) in [7, 11) is 1.37. The third-order valence-electron chi connectivity index (χ3n) is 7.70. The molecule has 1 N–H and O–H groups in total. The second kappa shape index (κ2) is 12.8. The van der Waals surface area contributed by atoms with Gasteiger partial charge in [0.15, 0.2) is 0 Å². The molecule has 1 aromatic heterocycles. The number of likely N-dealkylation sites (tertiary alicyclic amines) is 1. The molecule has 1 aliphatic rings. The maximum Gasteiger partial charge on any atom is 0.416 e. The van der Waals surface area contributed by atoms with Crippen LogP contribution in [0.25, 0.3) is 0 Å². The summed E-state index contributed by atoms with van der Waals surface area (Å²) in [4.78, 5) is 15.5. The summed E-state index contributed by atoms with van der Waals surface area (Å²) in [6.45, 7) is 1.46. The molecule has 4 rings (SSSR count). The second-order valence-electron chi connectivity index (χ2n) is 10.8. The molecule has 0 aliphatic carbocycles. The number of benzene rings is 2. The first-order valence-electron chi connectivity index (χ1n) is 13.8. The standard InChI is InChI=1S/C28H29F9N6O2/c1-3-23(42-8-6-17(7-9-42)24(44)45)22-5-4-19(26(29,30)31)12-18(22)15-43(25-38-40-41(2)39-25)14-16-10-20(27(32,33)34)13-21(11-16)28(35,36)37/h4-5,10-13,17,23H,3,6-9,14-15H2,1-2H3,(H,44,45)/t23-/m1/s1. The summed E-state index contributed by atoms with van der Waals surface area (Å²) >= 11 is 0. The lowest BCUT2D eigenvalue weighted by Crippen LogP contribution is -2.39. The Morgan fingerprint density at radius 3 is 1.96 bits per heavy atom. The predicted octanol–water partition coefficient (Wildman–Crippen LogP) is 6.72. The van der Waals surface area contributed by atoms with Crippen molar-refractivity contribution in [2.24, 2.45) is 13.0 Å². The molecule has 1 atom stereocenters. The first-order valence-corrected chi connectivity index (χ1v) is 13.8. The molecular formula is C28H29F9N6O2. The van der Waals surface area contributed by atoms with E-state index in [2.05, 4.69) is 15.4 Å². The van der Waals surface area contributed by atoms with Crippen LogP contribution in [0.1, 0.15) is 65.6 Å². The Balaban J connectivity index is 1.79. The number of tetrazole rings is 1. The number of aromatic nitrogens is 4. The van der Waals surface area contributed by atoms with Crippen LogP contribution in [0.15, 0.2) is 36.4 Å². The van der Waals surface area contributed by atoms with Crippen molar-refractivity contribution in [2.45, 2.75) is 63.8 Å². The van der Waals surface area contributed by atoms with Crippen molar-refractivity contribution in [3.05, 3.63) is 69.8 Å². The van der Waals surface area contributed by atoms with Gasteiger partial charge in [-0.2, -0.15) is 44.3 Å². The van der Waals surface area contributed by atoms with E-state index in [-0.39, 0.29) is 17.6 Å². The average molecular weight is 653 g/mol. The van der Waals surface area contributed by atoms with Crippen molar-refractivity contribution >= 4 is 11.9 Å². The molecule has 3 aromatic rings. The number of rotatable bonds is 9. The number of anilines is 1. The van der Waals surface area contributed by atoms with Crippen molar-refractivity contribution < 1.29 is 49.4 Å². The highest BCUT2D eigenvalue weighted by Gasteiger charge is 2.38. The number of nitrogens with zero attached hydrogens (tertiary/aromatic N) is 6.